The molecule has 2 aromatic rings. The van der Waals surface area contributed by atoms with Crippen molar-refractivity contribution >= 4 is 10.9 Å². The molecule has 0 unspecified atom stereocenters. The summed E-state index contributed by atoms with van der Waals surface area (Å²) in [5.74, 6) is 0.281. The van der Waals surface area contributed by atoms with Crippen molar-refractivity contribution in [2.24, 2.45) is 0 Å². The number of nitrogens with zero attached hydrogens (tertiary/aromatic N) is 1. The van der Waals surface area contributed by atoms with Crippen LogP contribution in [0.5, 0.6) is 5.75 Å². The van der Waals surface area contributed by atoms with Crippen molar-refractivity contribution in [2.45, 2.75) is 0 Å². The predicted molar refractivity (Wildman–Crippen MR) is 46.1 cm³/mol. The molecule has 2 rings (SSSR count). The van der Waals surface area contributed by atoms with E-state index in [0.29, 0.717) is 0 Å². The number of phenolic OH excluding ortho intramolecular Hbond substituents is 1. The Bertz CT molecular complexity index is 406. The molecule has 0 aliphatic heterocycles. The zero-order valence-corrected chi connectivity index (χ0v) is 6.69. The molecule has 0 saturated carbocycles. The highest BCUT2D eigenvalue weighted by molar-refractivity contribution is 5.85. The fourth-order valence-corrected chi connectivity index (χ4v) is 1.29. The van der Waals surface area contributed by atoms with Crippen LogP contribution in [0.4, 0.5) is 0 Å². The van der Waals surface area contributed by atoms with Crippen molar-refractivity contribution < 1.29 is 9.94 Å². The summed E-state index contributed by atoms with van der Waals surface area (Å²) in [7, 11) is 1.59. The molecular weight excluding hydrogens is 154 g/mol. The highest BCUT2D eigenvalue weighted by Gasteiger charge is 2.02. The van der Waals surface area contributed by atoms with Crippen molar-refractivity contribution in [3.05, 3.63) is 30.5 Å². The van der Waals surface area contributed by atoms with E-state index in [0.717, 1.165) is 10.9 Å². The van der Waals surface area contributed by atoms with Gasteiger partial charge in [-0.15, -0.1) is 0 Å². The Morgan fingerprint density at radius 2 is 2.17 bits per heavy atom. The van der Waals surface area contributed by atoms with Gasteiger partial charge in [0.05, 0.1) is 5.52 Å². The molecule has 0 radical (unpaired) electrons. The van der Waals surface area contributed by atoms with Gasteiger partial charge >= 0.3 is 0 Å². The van der Waals surface area contributed by atoms with Crippen LogP contribution in [0.1, 0.15) is 0 Å². The van der Waals surface area contributed by atoms with Crippen LogP contribution in [0.2, 0.25) is 0 Å². The molecule has 0 aliphatic rings. The first-order valence-corrected chi connectivity index (χ1v) is 3.66. The molecule has 0 bridgehead atoms. The average Bonchev–Trinajstić information content (AvgIpc) is 2.49. The monoisotopic (exact) mass is 163 g/mol. The maximum absolute atomic E-state index is 9.41. The van der Waals surface area contributed by atoms with Gasteiger partial charge in [0.15, 0.2) is 0 Å². The second-order valence-corrected chi connectivity index (χ2v) is 2.53. The van der Waals surface area contributed by atoms with Gasteiger partial charge in [-0.05, 0) is 18.2 Å². The maximum atomic E-state index is 9.41. The molecule has 62 valence electrons. The van der Waals surface area contributed by atoms with Crippen LogP contribution in [-0.2, 0) is 0 Å². The largest absolute Gasteiger partial charge is 0.507 e. The van der Waals surface area contributed by atoms with Crippen LogP contribution < -0.4 is 4.84 Å². The van der Waals surface area contributed by atoms with E-state index >= 15 is 0 Å². The minimum atomic E-state index is 0.281. The van der Waals surface area contributed by atoms with Crippen molar-refractivity contribution in [3.8, 4) is 5.75 Å². The van der Waals surface area contributed by atoms with E-state index in [-0.39, 0.29) is 5.75 Å². The van der Waals surface area contributed by atoms with Gasteiger partial charge in [-0.25, -0.2) is 0 Å². The lowest BCUT2D eigenvalue weighted by Crippen LogP contribution is -2.02. The molecule has 3 heteroatoms. The summed E-state index contributed by atoms with van der Waals surface area (Å²) in [5.41, 5.74) is 0.873. The number of hydrogen-bond donors (Lipinski definition) is 1. The number of aromatic hydroxyl groups is 1. The Hall–Kier alpha value is -1.64. The summed E-state index contributed by atoms with van der Waals surface area (Å²) in [6.45, 7) is 0. The second-order valence-electron chi connectivity index (χ2n) is 2.53. The lowest BCUT2D eigenvalue weighted by Gasteiger charge is -2.01. The highest BCUT2D eigenvalue weighted by atomic mass is 16.6. The summed E-state index contributed by atoms with van der Waals surface area (Å²) in [6, 6.07) is 7.14. The zero-order chi connectivity index (χ0) is 8.55. The van der Waals surface area contributed by atoms with Crippen LogP contribution in [0, 0.1) is 0 Å². The van der Waals surface area contributed by atoms with Crippen LogP contribution in [-0.4, -0.2) is 16.9 Å². The van der Waals surface area contributed by atoms with Gasteiger partial charge in [-0.3, -0.25) is 0 Å². The summed E-state index contributed by atoms with van der Waals surface area (Å²) < 4.78 is 1.61. The van der Waals surface area contributed by atoms with Gasteiger partial charge in [0.25, 0.3) is 0 Å². The average molecular weight is 163 g/mol. The molecule has 1 N–H and O–H groups in total. The van der Waals surface area contributed by atoms with Crippen LogP contribution in [0.25, 0.3) is 10.9 Å². The molecule has 0 atom stereocenters. The van der Waals surface area contributed by atoms with Crippen LogP contribution in [0.15, 0.2) is 30.5 Å². The fraction of sp³-hybridized carbons (Fsp3) is 0.111. The minimum Gasteiger partial charge on any atom is -0.507 e. The van der Waals surface area contributed by atoms with Gasteiger partial charge in [0.2, 0.25) is 0 Å². The van der Waals surface area contributed by atoms with Gasteiger partial charge in [-0.1, -0.05) is 6.07 Å². The third kappa shape index (κ3) is 0.830. The Morgan fingerprint density at radius 1 is 1.33 bits per heavy atom. The number of benzene rings is 1. The number of fused-ring (bicyclic) bond motifs is 1. The molecule has 1 aromatic carbocycles. The minimum absolute atomic E-state index is 0.281. The lowest BCUT2D eigenvalue weighted by atomic mass is 10.2. The third-order valence-electron chi connectivity index (χ3n) is 1.87. The van der Waals surface area contributed by atoms with Crippen molar-refractivity contribution in [1.29, 1.82) is 0 Å². The molecule has 0 amide bonds. The molecule has 0 saturated heterocycles. The van der Waals surface area contributed by atoms with Gasteiger partial charge in [-0.2, -0.15) is 4.73 Å². The van der Waals surface area contributed by atoms with E-state index in [1.54, 1.807) is 30.2 Å². The van der Waals surface area contributed by atoms with Crippen molar-refractivity contribution in [1.82, 2.24) is 4.73 Å². The fourth-order valence-electron chi connectivity index (χ4n) is 1.29. The lowest BCUT2D eigenvalue weighted by molar-refractivity contribution is 0.179. The summed E-state index contributed by atoms with van der Waals surface area (Å²) in [5, 5.41) is 10.2. The summed E-state index contributed by atoms with van der Waals surface area (Å²) >= 11 is 0. The predicted octanol–water partition coefficient (Wildman–Crippen LogP) is 1.41. The van der Waals surface area contributed by atoms with E-state index < -0.39 is 0 Å². The Labute approximate surface area is 69.8 Å². The second kappa shape index (κ2) is 2.44. The first-order chi connectivity index (χ1) is 5.83. The van der Waals surface area contributed by atoms with E-state index in [9.17, 15) is 5.11 Å². The van der Waals surface area contributed by atoms with Crippen molar-refractivity contribution in [2.75, 3.05) is 7.11 Å². The quantitative estimate of drug-likeness (QED) is 0.689. The topological polar surface area (TPSA) is 34.4 Å². The number of rotatable bonds is 1. The van der Waals surface area contributed by atoms with Crippen LogP contribution >= 0.6 is 0 Å². The van der Waals surface area contributed by atoms with Gasteiger partial charge in [0, 0.05) is 11.6 Å². The number of phenols is 1. The van der Waals surface area contributed by atoms with E-state index in [1.165, 1.54) is 0 Å². The number of hydrogen-bond acceptors (Lipinski definition) is 2. The summed E-state index contributed by atoms with van der Waals surface area (Å²) in [4.78, 5) is 5.03. The first kappa shape index (κ1) is 7.03. The summed E-state index contributed by atoms with van der Waals surface area (Å²) in [6.07, 6.45) is 1.77. The van der Waals surface area contributed by atoms with E-state index in [1.807, 2.05) is 12.1 Å². The standard InChI is InChI=1S/C9H9NO2/c1-12-10-6-5-7-8(10)3-2-4-9(7)11/h2-6,11H,1H3. The molecule has 12 heavy (non-hydrogen) atoms. The smallest absolute Gasteiger partial charge is 0.125 e. The SMILES string of the molecule is COn1ccc2c(O)cccc21. The third-order valence-corrected chi connectivity index (χ3v) is 1.87. The Kier molecular flexibility index (Phi) is 1.43. The molecule has 0 spiro atoms. The molecule has 3 nitrogen and oxygen atoms in total. The molecule has 1 aromatic heterocycles. The molecule has 0 aliphatic carbocycles. The molecule has 0 fully saturated rings. The number of aromatic nitrogens is 1. The van der Waals surface area contributed by atoms with E-state index in [4.69, 9.17) is 4.84 Å². The Morgan fingerprint density at radius 3 is 2.92 bits per heavy atom. The first-order valence-electron chi connectivity index (χ1n) is 3.66. The van der Waals surface area contributed by atoms with Crippen molar-refractivity contribution in [3.63, 3.8) is 0 Å². The normalized spacial score (nSPS) is 10.4. The maximum Gasteiger partial charge on any atom is 0.125 e. The molecular formula is C9H9NO2. The zero-order valence-electron chi connectivity index (χ0n) is 6.69. The highest BCUT2D eigenvalue weighted by Crippen LogP contribution is 2.24. The van der Waals surface area contributed by atoms with Gasteiger partial charge < -0.3 is 9.94 Å². The Balaban J connectivity index is 2.80. The van der Waals surface area contributed by atoms with Gasteiger partial charge in [0.1, 0.15) is 12.9 Å². The van der Waals surface area contributed by atoms with E-state index in [2.05, 4.69) is 0 Å². The molecule has 1 heterocycles. The van der Waals surface area contributed by atoms with Crippen LogP contribution in [0.3, 0.4) is 0 Å².